The fraction of sp³-hybridized carbons (Fsp3) is 0.318. The van der Waals surface area contributed by atoms with E-state index in [-0.39, 0.29) is 6.03 Å². The van der Waals surface area contributed by atoms with Crippen LogP contribution in [0.3, 0.4) is 0 Å². The van der Waals surface area contributed by atoms with Crippen LogP contribution in [0, 0.1) is 0 Å². The van der Waals surface area contributed by atoms with E-state index in [0.717, 1.165) is 24.4 Å². The van der Waals surface area contributed by atoms with Crippen molar-refractivity contribution in [2.75, 3.05) is 45.7 Å². The van der Waals surface area contributed by atoms with E-state index in [1.165, 1.54) is 0 Å². The molecule has 2 amide bonds. The van der Waals surface area contributed by atoms with Crippen LogP contribution in [0.4, 0.5) is 10.5 Å². The van der Waals surface area contributed by atoms with Crippen LogP contribution in [0.2, 0.25) is 0 Å². The van der Waals surface area contributed by atoms with Crippen molar-refractivity contribution in [2.45, 2.75) is 6.54 Å². The summed E-state index contributed by atoms with van der Waals surface area (Å²) in [5, 5.41) is 7.01. The van der Waals surface area contributed by atoms with E-state index < -0.39 is 0 Å². The molecule has 1 aliphatic heterocycles. The Morgan fingerprint density at radius 2 is 1.77 bits per heavy atom. The second-order valence-corrected chi connectivity index (χ2v) is 7.14. The van der Waals surface area contributed by atoms with E-state index in [2.05, 4.69) is 20.4 Å². The Balaban J connectivity index is 1.29. The number of nitrogens with zero attached hydrogens (tertiary/aromatic N) is 4. The SMILES string of the molecule is COc1ccc(-c2nc(CN3CCN(C(=O)Nc4ccccc4OC)CC3)no2)cc1. The van der Waals surface area contributed by atoms with Crippen molar-refractivity contribution in [3.8, 4) is 23.0 Å². The van der Waals surface area contributed by atoms with Crippen LogP contribution in [0.15, 0.2) is 53.1 Å². The average molecular weight is 423 g/mol. The van der Waals surface area contributed by atoms with E-state index in [9.17, 15) is 4.79 Å². The van der Waals surface area contributed by atoms with Gasteiger partial charge < -0.3 is 24.2 Å². The highest BCUT2D eigenvalue weighted by Gasteiger charge is 2.23. The van der Waals surface area contributed by atoms with Gasteiger partial charge in [0, 0.05) is 31.7 Å². The molecule has 0 atom stereocenters. The van der Waals surface area contributed by atoms with E-state index in [1.807, 2.05) is 48.5 Å². The zero-order chi connectivity index (χ0) is 21.6. The smallest absolute Gasteiger partial charge is 0.322 e. The monoisotopic (exact) mass is 423 g/mol. The maximum absolute atomic E-state index is 12.6. The van der Waals surface area contributed by atoms with Gasteiger partial charge in [0.15, 0.2) is 5.82 Å². The van der Waals surface area contributed by atoms with Crippen LogP contribution < -0.4 is 14.8 Å². The molecule has 1 aliphatic rings. The molecule has 2 aromatic carbocycles. The molecule has 31 heavy (non-hydrogen) atoms. The van der Waals surface area contributed by atoms with Gasteiger partial charge in [-0.25, -0.2) is 4.79 Å². The van der Waals surface area contributed by atoms with Gasteiger partial charge in [0.1, 0.15) is 11.5 Å². The molecule has 9 nitrogen and oxygen atoms in total. The molecule has 0 spiro atoms. The van der Waals surface area contributed by atoms with Crippen LogP contribution >= 0.6 is 0 Å². The first-order valence-electron chi connectivity index (χ1n) is 10.0. The summed E-state index contributed by atoms with van der Waals surface area (Å²) in [6.45, 7) is 3.26. The number of piperazine rings is 1. The summed E-state index contributed by atoms with van der Waals surface area (Å²) in [6.07, 6.45) is 0. The van der Waals surface area contributed by atoms with E-state index >= 15 is 0 Å². The molecule has 0 radical (unpaired) electrons. The minimum absolute atomic E-state index is 0.134. The molecule has 1 aromatic heterocycles. The van der Waals surface area contributed by atoms with Crippen LogP contribution in [-0.4, -0.2) is 66.4 Å². The van der Waals surface area contributed by atoms with Gasteiger partial charge in [0.25, 0.3) is 5.89 Å². The number of carbonyl (C=O) groups is 1. The summed E-state index contributed by atoms with van der Waals surface area (Å²) in [5.41, 5.74) is 1.51. The van der Waals surface area contributed by atoms with Crippen molar-refractivity contribution >= 4 is 11.7 Å². The largest absolute Gasteiger partial charge is 0.497 e. The summed E-state index contributed by atoms with van der Waals surface area (Å²) in [6, 6.07) is 14.7. The number of ether oxygens (including phenoxy) is 2. The number of rotatable bonds is 6. The van der Waals surface area contributed by atoms with Crippen molar-refractivity contribution in [1.29, 1.82) is 0 Å². The highest BCUT2D eigenvalue weighted by atomic mass is 16.5. The fourth-order valence-electron chi connectivity index (χ4n) is 3.42. The molecule has 1 fully saturated rings. The molecule has 1 saturated heterocycles. The van der Waals surface area contributed by atoms with Crippen LogP contribution in [0.25, 0.3) is 11.5 Å². The maximum Gasteiger partial charge on any atom is 0.322 e. The number of hydrogen-bond acceptors (Lipinski definition) is 7. The average Bonchev–Trinajstić information content (AvgIpc) is 3.28. The van der Waals surface area contributed by atoms with Gasteiger partial charge in [0.05, 0.1) is 26.5 Å². The predicted octanol–water partition coefficient (Wildman–Crippen LogP) is 3.10. The second-order valence-electron chi connectivity index (χ2n) is 7.14. The van der Waals surface area contributed by atoms with Crippen molar-refractivity contribution < 1.29 is 18.8 Å². The fourth-order valence-corrected chi connectivity index (χ4v) is 3.42. The molecule has 9 heteroatoms. The summed E-state index contributed by atoms with van der Waals surface area (Å²) < 4.78 is 15.9. The third-order valence-corrected chi connectivity index (χ3v) is 5.18. The van der Waals surface area contributed by atoms with Crippen molar-refractivity contribution in [3.05, 3.63) is 54.4 Å². The molecule has 3 aromatic rings. The number of para-hydroxylation sites is 2. The second kappa shape index (κ2) is 9.48. The van der Waals surface area contributed by atoms with Gasteiger partial charge in [-0.15, -0.1) is 0 Å². The summed E-state index contributed by atoms with van der Waals surface area (Å²) in [5.74, 6) is 2.51. The lowest BCUT2D eigenvalue weighted by molar-refractivity contribution is 0.140. The Bertz CT molecular complexity index is 1010. The Labute approximate surface area is 180 Å². The van der Waals surface area contributed by atoms with E-state index in [0.29, 0.717) is 42.8 Å². The number of aromatic nitrogens is 2. The van der Waals surface area contributed by atoms with E-state index in [4.69, 9.17) is 14.0 Å². The summed E-state index contributed by atoms with van der Waals surface area (Å²) in [7, 11) is 3.21. The molecule has 162 valence electrons. The van der Waals surface area contributed by atoms with Gasteiger partial charge in [-0.1, -0.05) is 17.3 Å². The van der Waals surface area contributed by atoms with Crippen LogP contribution in [0.1, 0.15) is 5.82 Å². The first kappa shape index (κ1) is 20.7. The molecule has 0 bridgehead atoms. The molecule has 1 N–H and O–H groups in total. The van der Waals surface area contributed by atoms with Crippen LogP contribution in [-0.2, 0) is 6.54 Å². The van der Waals surface area contributed by atoms with Gasteiger partial charge in [-0.3, -0.25) is 4.90 Å². The maximum atomic E-state index is 12.6. The minimum atomic E-state index is -0.134. The lowest BCUT2D eigenvalue weighted by atomic mass is 10.2. The molecule has 0 aliphatic carbocycles. The van der Waals surface area contributed by atoms with Crippen LogP contribution in [0.5, 0.6) is 11.5 Å². The zero-order valence-electron chi connectivity index (χ0n) is 17.6. The number of amides is 2. The third-order valence-electron chi connectivity index (χ3n) is 5.18. The van der Waals surface area contributed by atoms with Gasteiger partial charge in [0.2, 0.25) is 0 Å². The topological polar surface area (TPSA) is 93.0 Å². The normalized spacial score (nSPS) is 14.3. The van der Waals surface area contributed by atoms with E-state index in [1.54, 1.807) is 19.1 Å². The van der Waals surface area contributed by atoms with Crippen molar-refractivity contribution in [3.63, 3.8) is 0 Å². The Hall–Kier alpha value is -3.59. The molecular formula is C22H25N5O4. The van der Waals surface area contributed by atoms with Gasteiger partial charge >= 0.3 is 6.03 Å². The summed E-state index contributed by atoms with van der Waals surface area (Å²) in [4.78, 5) is 21.1. The number of benzene rings is 2. The number of nitrogens with one attached hydrogen (secondary N) is 1. The standard InChI is InChI=1S/C22H25N5O4/c1-29-17-9-7-16(8-10-17)21-24-20(25-31-21)15-26-11-13-27(14-12-26)22(28)23-18-5-3-4-6-19(18)30-2/h3-10H,11-15H2,1-2H3,(H,23,28). The predicted molar refractivity (Wildman–Crippen MR) is 115 cm³/mol. The first-order chi connectivity index (χ1) is 15.2. The Kier molecular flexibility index (Phi) is 6.32. The minimum Gasteiger partial charge on any atom is -0.497 e. The summed E-state index contributed by atoms with van der Waals surface area (Å²) >= 11 is 0. The molecule has 2 heterocycles. The zero-order valence-corrected chi connectivity index (χ0v) is 17.6. The van der Waals surface area contributed by atoms with Gasteiger partial charge in [-0.2, -0.15) is 4.98 Å². The lowest BCUT2D eigenvalue weighted by Crippen LogP contribution is -2.49. The molecule has 0 unspecified atom stereocenters. The number of hydrogen-bond donors (Lipinski definition) is 1. The Morgan fingerprint density at radius 1 is 1.03 bits per heavy atom. The molecule has 4 rings (SSSR count). The van der Waals surface area contributed by atoms with Crippen molar-refractivity contribution in [2.24, 2.45) is 0 Å². The number of methoxy groups -OCH3 is 2. The highest BCUT2D eigenvalue weighted by molar-refractivity contribution is 5.91. The number of urea groups is 1. The first-order valence-corrected chi connectivity index (χ1v) is 10.0. The third kappa shape index (κ3) is 4.95. The highest BCUT2D eigenvalue weighted by Crippen LogP contribution is 2.24. The lowest BCUT2D eigenvalue weighted by Gasteiger charge is -2.34. The van der Waals surface area contributed by atoms with Gasteiger partial charge in [-0.05, 0) is 36.4 Å². The molecule has 0 saturated carbocycles. The number of carbonyl (C=O) groups excluding carboxylic acids is 1. The van der Waals surface area contributed by atoms with Crippen molar-refractivity contribution in [1.82, 2.24) is 19.9 Å². The quantitative estimate of drug-likeness (QED) is 0.651. The Morgan fingerprint density at radius 3 is 2.48 bits per heavy atom. The number of anilines is 1. The molecular weight excluding hydrogens is 398 g/mol.